The summed E-state index contributed by atoms with van der Waals surface area (Å²) in [5.41, 5.74) is 2.07. The zero-order valence-corrected chi connectivity index (χ0v) is 17.0. The van der Waals surface area contributed by atoms with Crippen LogP contribution in [-0.2, 0) is 22.4 Å². The van der Waals surface area contributed by atoms with E-state index in [-0.39, 0.29) is 17.7 Å². The highest BCUT2D eigenvalue weighted by Crippen LogP contribution is 2.42. The first-order chi connectivity index (χ1) is 13.6. The van der Waals surface area contributed by atoms with Crippen LogP contribution in [0.4, 0.5) is 11.6 Å². The quantitative estimate of drug-likeness (QED) is 0.645. The molecule has 144 valence electrons. The SMILES string of the molecule is Cn1nc(NC(=O)CSCc2ccccc2)c2c1NC(=O)CC2c1cccs1. The Hall–Kier alpha value is -2.58. The van der Waals surface area contributed by atoms with Crippen LogP contribution in [0, 0.1) is 0 Å². The van der Waals surface area contributed by atoms with Gasteiger partial charge in [0.25, 0.3) is 0 Å². The number of hydrogen-bond acceptors (Lipinski definition) is 5. The smallest absolute Gasteiger partial charge is 0.235 e. The maximum atomic E-state index is 12.5. The van der Waals surface area contributed by atoms with E-state index in [0.29, 0.717) is 23.8 Å². The van der Waals surface area contributed by atoms with E-state index in [1.807, 2.05) is 47.8 Å². The summed E-state index contributed by atoms with van der Waals surface area (Å²) in [7, 11) is 1.77. The first kappa shape index (κ1) is 18.8. The number of aromatic nitrogens is 2. The van der Waals surface area contributed by atoms with Gasteiger partial charge in [-0.3, -0.25) is 14.3 Å². The second kappa shape index (κ2) is 8.20. The highest BCUT2D eigenvalue weighted by atomic mass is 32.2. The lowest BCUT2D eigenvalue weighted by atomic mass is 9.92. The Labute approximate surface area is 171 Å². The van der Waals surface area contributed by atoms with E-state index in [4.69, 9.17) is 0 Å². The Morgan fingerprint density at radius 1 is 1.32 bits per heavy atom. The lowest BCUT2D eigenvalue weighted by Crippen LogP contribution is -2.25. The van der Waals surface area contributed by atoms with Crippen LogP contribution in [0.15, 0.2) is 47.8 Å². The fraction of sp³-hybridized carbons (Fsp3) is 0.250. The van der Waals surface area contributed by atoms with Crippen molar-refractivity contribution in [3.63, 3.8) is 0 Å². The molecule has 1 unspecified atom stereocenters. The van der Waals surface area contributed by atoms with E-state index in [0.717, 1.165) is 16.2 Å². The van der Waals surface area contributed by atoms with Gasteiger partial charge >= 0.3 is 0 Å². The number of aryl methyl sites for hydroxylation is 1. The van der Waals surface area contributed by atoms with E-state index in [2.05, 4.69) is 15.7 Å². The molecule has 6 nitrogen and oxygen atoms in total. The summed E-state index contributed by atoms with van der Waals surface area (Å²) < 4.78 is 1.62. The van der Waals surface area contributed by atoms with Gasteiger partial charge in [-0.2, -0.15) is 5.10 Å². The molecule has 0 bridgehead atoms. The van der Waals surface area contributed by atoms with Crippen LogP contribution >= 0.6 is 23.1 Å². The topological polar surface area (TPSA) is 76.0 Å². The van der Waals surface area contributed by atoms with Crippen molar-refractivity contribution in [2.45, 2.75) is 18.1 Å². The molecular formula is C20H20N4O2S2. The van der Waals surface area contributed by atoms with Crippen LogP contribution in [0.5, 0.6) is 0 Å². The fourth-order valence-electron chi connectivity index (χ4n) is 3.32. The molecule has 1 aromatic carbocycles. The highest BCUT2D eigenvalue weighted by molar-refractivity contribution is 7.99. The zero-order valence-electron chi connectivity index (χ0n) is 15.3. The zero-order chi connectivity index (χ0) is 19.5. The molecule has 0 saturated carbocycles. The van der Waals surface area contributed by atoms with E-state index in [1.54, 1.807) is 34.8 Å². The maximum absolute atomic E-state index is 12.5. The summed E-state index contributed by atoms with van der Waals surface area (Å²) in [6, 6.07) is 14.1. The molecule has 3 aromatic rings. The van der Waals surface area contributed by atoms with Gasteiger partial charge in [0.05, 0.1) is 5.75 Å². The average Bonchev–Trinajstić information content (AvgIpc) is 3.31. The van der Waals surface area contributed by atoms with Gasteiger partial charge in [0.15, 0.2) is 5.82 Å². The number of amides is 2. The molecule has 2 N–H and O–H groups in total. The van der Waals surface area contributed by atoms with Crippen LogP contribution in [0.3, 0.4) is 0 Å². The molecule has 2 amide bonds. The third-order valence-electron chi connectivity index (χ3n) is 4.57. The maximum Gasteiger partial charge on any atom is 0.235 e. The molecule has 1 aliphatic rings. The van der Waals surface area contributed by atoms with Gasteiger partial charge in [-0.15, -0.1) is 23.1 Å². The summed E-state index contributed by atoms with van der Waals surface area (Å²) >= 11 is 3.17. The standard InChI is InChI=1S/C20H20N4O2S2/c1-24-20-18(14(10-16(25)22-20)15-8-5-9-28-15)19(23-24)21-17(26)12-27-11-13-6-3-2-4-7-13/h2-9,14H,10-12H2,1H3,(H,22,25)(H,21,23,26). The second-order valence-electron chi connectivity index (χ2n) is 6.58. The first-order valence-electron chi connectivity index (χ1n) is 8.93. The average molecular weight is 413 g/mol. The van der Waals surface area contributed by atoms with Gasteiger partial charge in [-0.05, 0) is 17.0 Å². The van der Waals surface area contributed by atoms with Crippen molar-refractivity contribution in [2.24, 2.45) is 7.05 Å². The van der Waals surface area contributed by atoms with E-state index in [1.165, 1.54) is 5.56 Å². The Kier molecular flexibility index (Phi) is 5.50. The number of anilines is 2. The minimum atomic E-state index is -0.0938. The normalized spacial score (nSPS) is 15.8. The summed E-state index contributed by atoms with van der Waals surface area (Å²) in [5, 5.41) is 12.3. The van der Waals surface area contributed by atoms with Gasteiger partial charge in [-0.25, -0.2) is 0 Å². The number of nitrogens with zero attached hydrogens (tertiary/aromatic N) is 2. The number of carbonyl (C=O) groups excluding carboxylic acids is 2. The van der Waals surface area contributed by atoms with Gasteiger partial charge in [0.2, 0.25) is 11.8 Å². The van der Waals surface area contributed by atoms with E-state index < -0.39 is 0 Å². The number of carbonyl (C=O) groups is 2. The minimum Gasteiger partial charge on any atom is -0.311 e. The summed E-state index contributed by atoms with van der Waals surface area (Å²) in [6.07, 6.45) is 0.352. The van der Waals surface area contributed by atoms with Crippen molar-refractivity contribution in [2.75, 3.05) is 16.4 Å². The van der Waals surface area contributed by atoms with Gasteiger partial charge in [-0.1, -0.05) is 36.4 Å². The van der Waals surface area contributed by atoms with Crippen molar-refractivity contribution in [3.05, 3.63) is 63.8 Å². The van der Waals surface area contributed by atoms with Gasteiger partial charge in [0.1, 0.15) is 5.82 Å². The van der Waals surface area contributed by atoms with Gasteiger partial charge < -0.3 is 10.6 Å². The van der Waals surface area contributed by atoms with Gasteiger partial charge in [0, 0.05) is 35.6 Å². The lowest BCUT2D eigenvalue weighted by Gasteiger charge is -2.23. The van der Waals surface area contributed by atoms with E-state index in [9.17, 15) is 9.59 Å². The minimum absolute atomic E-state index is 0.0369. The summed E-state index contributed by atoms with van der Waals surface area (Å²) in [4.78, 5) is 25.7. The van der Waals surface area contributed by atoms with Crippen LogP contribution in [-0.4, -0.2) is 27.3 Å². The molecule has 2 aromatic heterocycles. The second-order valence-corrected chi connectivity index (χ2v) is 8.55. The molecule has 1 atom stereocenters. The highest BCUT2D eigenvalue weighted by Gasteiger charge is 2.33. The Balaban J connectivity index is 1.49. The number of nitrogens with one attached hydrogen (secondary N) is 2. The number of hydrogen-bond donors (Lipinski definition) is 2. The van der Waals surface area contributed by atoms with Crippen molar-refractivity contribution in [1.82, 2.24) is 9.78 Å². The monoisotopic (exact) mass is 412 g/mol. The Bertz CT molecular complexity index is 983. The van der Waals surface area contributed by atoms with Crippen molar-refractivity contribution < 1.29 is 9.59 Å². The molecular weight excluding hydrogens is 392 g/mol. The molecule has 28 heavy (non-hydrogen) atoms. The third kappa shape index (κ3) is 3.98. The fourth-order valence-corrected chi connectivity index (χ4v) is 4.94. The molecule has 0 fully saturated rings. The molecule has 1 aliphatic heterocycles. The van der Waals surface area contributed by atoms with Crippen LogP contribution < -0.4 is 10.6 Å². The Morgan fingerprint density at radius 3 is 2.89 bits per heavy atom. The Morgan fingerprint density at radius 2 is 2.14 bits per heavy atom. The number of thioether (sulfide) groups is 1. The number of fused-ring (bicyclic) bond motifs is 1. The van der Waals surface area contributed by atoms with Crippen LogP contribution in [0.2, 0.25) is 0 Å². The molecule has 8 heteroatoms. The molecule has 0 saturated heterocycles. The predicted octanol–water partition coefficient (Wildman–Crippen LogP) is 3.83. The summed E-state index contributed by atoms with van der Waals surface area (Å²) in [5.74, 6) is 2.08. The number of benzene rings is 1. The molecule has 0 spiro atoms. The number of rotatable bonds is 6. The van der Waals surface area contributed by atoms with Crippen molar-refractivity contribution in [1.29, 1.82) is 0 Å². The molecule has 0 aliphatic carbocycles. The third-order valence-corrected chi connectivity index (χ3v) is 6.56. The molecule has 3 heterocycles. The first-order valence-corrected chi connectivity index (χ1v) is 11.0. The van der Waals surface area contributed by atoms with E-state index >= 15 is 0 Å². The molecule has 0 radical (unpaired) electrons. The predicted molar refractivity (Wildman–Crippen MR) is 114 cm³/mol. The number of thiophene rings is 1. The van der Waals surface area contributed by atoms with Crippen molar-refractivity contribution >= 4 is 46.5 Å². The largest absolute Gasteiger partial charge is 0.311 e. The van der Waals surface area contributed by atoms with Crippen LogP contribution in [0.1, 0.15) is 28.3 Å². The van der Waals surface area contributed by atoms with Crippen molar-refractivity contribution in [3.8, 4) is 0 Å². The lowest BCUT2D eigenvalue weighted by molar-refractivity contribution is -0.116. The summed E-state index contributed by atoms with van der Waals surface area (Å²) in [6.45, 7) is 0. The van der Waals surface area contributed by atoms with Crippen LogP contribution in [0.25, 0.3) is 0 Å². The molecule has 4 rings (SSSR count).